The van der Waals surface area contributed by atoms with Crippen LogP contribution in [0.4, 0.5) is 0 Å². The molecule has 0 bridgehead atoms. The van der Waals surface area contributed by atoms with Crippen molar-refractivity contribution >= 4 is 6.29 Å². The third-order valence-corrected chi connectivity index (χ3v) is 5.69. The van der Waals surface area contributed by atoms with Crippen LogP contribution in [0.1, 0.15) is 79.2 Å². The van der Waals surface area contributed by atoms with Crippen LogP contribution in [0.15, 0.2) is 24.4 Å². The summed E-state index contributed by atoms with van der Waals surface area (Å²) in [6, 6.07) is 6.17. The van der Waals surface area contributed by atoms with E-state index in [9.17, 15) is 4.79 Å². The number of aromatic nitrogens is 5. The predicted octanol–water partition coefficient (Wildman–Crippen LogP) is 4.89. The zero-order chi connectivity index (χ0) is 23.8. The summed E-state index contributed by atoms with van der Waals surface area (Å²) in [5.41, 5.74) is 7.46. The van der Waals surface area contributed by atoms with Gasteiger partial charge in [0.1, 0.15) is 5.69 Å². The maximum absolute atomic E-state index is 10.2. The van der Waals surface area contributed by atoms with Crippen molar-refractivity contribution in [2.75, 3.05) is 20.1 Å². The van der Waals surface area contributed by atoms with Gasteiger partial charge in [0.25, 0.3) is 0 Å². The molecule has 3 aromatic heterocycles. The molecule has 1 unspecified atom stereocenters. The van der Waals surface area contributed by atoms with Gasteiger partial charge in [0, 0.05) is 47.8 Å². The number of aldehydes is 1. The Balaban J connectivity index is 0.000000255. The lowest BCUT2D eigenvalue weighted by molar-refractivity contribution is 0.111. The van der Waals surface area contributed by atoms with Gasteiger partial charge in [0.2, 0.25) is 0 Å². The second-order valence-electron chi connectivity index (χ2n) is 8.46. The van der Waals surface area contributed by atoms with Crippen molar-refractivity contribution in [3.8, 4) is 11.1 Å². The van der Waals surface area contributed by atoms with E-state index >= 15 is 0 Å². The first kappa shape index (κ1) is 25.5. The van der Waals surface area contributed by atoms with E-state index in [0.29, 0.717) is 17.5 Å². The van der Waals surface area contributed by atoms with Gasteiger partial charge in [-0.1, -0.05) is 27.7 Å². The first-order valence-corrected chi connectivity index (χ1v) is 11.4. The minimum atomic E-state index is 0.404. The Kier molecular flexibility index (Phi) is 9.32. The van der Waals surface area contributed by atoms with Crippen LogP contribution in [0.3, 0.4) is 0 Å². The van der Waals surface area contributed by atoms with Gasteiger partial charge in [-0.25, -0.2) is 0 Å². The fraction of sp³-hybridized carbons (Fsp3) is 0.520. The fourth-order valence-corrected chi connectivity index (χ4v) is 3.73. The first-order valence-electron chi connectivity index (χ1n) is 11.4. The monoisotopic (exact) mass is 438 g/mol. The number of carbonyl (C=O) groups is 1. The van der Waals surface area contributed by atoms with Crippen molar-refractivity contribution < 1.29 is 4.79 Å². The summed E-state index contributed by atoms with van der Waals surface area (Å²) in [5, 5.41) is 10.9. The number of rotatable bonds is 4. The van der Waals surface area contributed by atoms with Crippen LogP contribution < -0.4 is 0 Å². The molecule has 1 saturated heterocycles. The topological polar surface area (TPSA) is 79.7 Å². The highest BCUT2D eigenvalue weighted by Gasteiger charge is 2.23. The summed E-state index contributed by atoms with van der Waals surface area (Å²) < 4.78 is 1.92. The second kappa shape index (κ2) is 11.7. The molecule has 1 atom stereocenters. The normalized spacial score (nSPS) is 15.7. The highest BCUT2D eigenvalue weighted by Crippen LogP contribution is 2.30. The minimum Gasteiger partial charge on any atom is -0.306 e. The Morgan fingerprint density at radius 1 is 1.16 bits per heavy atom. The lowest BCUT2D eigenvalue weighted by Gasteiger charge is -2.12. The van der Waals surface area contributed by atoms with Crippen LogP contribution in [0.5, 0.6) is 0 Å². The highest BCUT2D eigenvalue weighted by atomic mass is 16.1. The van der Waals surface area contributed by atoms with Gasteiger partial charge in [-0.2, -0.15) is 10.2 Å². The number of likely N-dealkylation sites (tertiary alicyclic amines) is 1. The maximum atomic E-state index is 10.2. The number of hydrogen-bond donors (Lipinski definition) is 1. The Morgan fingerprint density at radius 2 is 1.88 bits per heavy atom. The molecule has 7 heteroatoms. The molecule has 0 radical (unpaired) electrons. The molecule has 1 aliphatic rings. The van der Waals surface area contributed by atoms with Gasteiger partial charge >= 0.3 is 0 Å². The molecule has 0 saturated carbocycles. The summed E-state index contributed by atoms with van der Waals surface area (Å²) in [6.07, 6.45) is 3.90. The predicted molar refractivity (Wildman–Crippen MR) is 130 cm³/mol. The Hall–Kier alpha value is -2.80. The summed E-state index contributed by atoms with van der Waals surface area (Å²) in [7, 11) is 4.17. The molecule has 7 nitrogen and oxygen atoms in total. The van der Waals surface area contributed by atoms with Crippen molar-refractivity contribution in [3.63, 3.8) is 0 Å². The third-order valence-electron chi connectivity index (χ3n) is 5.69. The highest BCUT2D eigenvalue weighted by molar-refractivity contribution is 5.71. The SMILES string of the molecule is CC.CC(C)c1cc(C=O)n[nH]1.Cc1cc(-c2cnn(C)c2C)cc(C2CCN(C)C2)n1. The van der Waals surface area contributed by atoms with Crippen molar-refractivity contribution in [2.45, 2.75) is 59.8 Å². The number of nitrogens with zero attached hydrogens (tertiary/aromatic N) is 5. The molecular weight excluding hydrogens is 400 g/mol. The third kappa shape index (κ3) is 6.36. The van der Waals surface area contributed by atoms with Gasteiger partial charge in [0.15, 0.2) is 6.29 Å². The van der Waals surface area contributed by atoms with Crippen LogP contribution in [0.25, 0.3) is 11.1 Å². The maximum Gasteiger partial charge on any atom is 0.170 e. The van der Waals surface area contributed by atoms with E-state index in [1.165, 1.54) is 35.5 Å². The number of hydrogen-bond acceptors (Lipinski definition) is 5. The molecule has 1 fully saturated rings. The van der Waals surface area contributed by atoms with Crippen LogP contribution in [0, 0.1) is 13.8 Å². The average Bonchev–Trinajstić information content (AvgIpc) is 3.51. The van der Waals surface area contributed by atoms with Crippen molar-refractivity contribution in [1.29, 1.82) is 0 Å². The summed E-state index contributed by atoms with van der Waals surface area (Å²) in [6.45, 7) is 14.6. The smallest absolute Gasteiger partial charge is 0.170 e. The second-order valence-corrected chi connectivity index (χ2v) is 8.46. The lowest BCUT2D eigenvalue weighted by atomic mass is 9.99. The molecule has 32 heavy (non-hydrogen) atoms. The van der Waals surface area contributed by atoms with Gasteiger partial charge in [-0.15, -0.1) is 0 Å². The number of likely N-dealkylation sites (N-methyl/N-ethyl adjacent to an activating group) is 1. The largest absolute Gasteiger partial charge is 0.306 e. The van der Waals surface area contributed by atoms with E-state index < -0.39 is 0 Å². The Bertz CT molecular complexity index is 1000. The zero-order valence-corrected chi connectivity index (χ0v) is 20.8. The molecule has 1 N–H and O–H groups in total. The van der Waals surface area contributed by atoms with Gasteiger partial charge in [-0.05, 0) is 63.5 Å². The molecule has 0 aromatic carbocycles. The van der Waals surface area contributed by atoms with Gasteiger partial charge in [-0.3, -0.25) is 19.6 Å². The summed E-state index contributed by atoms with van der Waals surface area (Å²) >= 11 is 0. The van der Waals surface area contributed by atoms with E-state index in [2.05, 4.69) is 53.2 Å². The van der Waals surface area contributed by atoms with Crippen LogP contribution >= 0.6 is 0 Å². The molecule has 1 aliphatic heterocycles. The van der Waals surface area contributed by atoms with Crippen molar-refractivity contribution in [1.82, 2.24) is 29.9 Å². The van der Waals surface area contributed by atoms with E-state index in [1.54, 1.807) is 6.07 Å². The molecule has 4 heterocycles. The standard InChI is InChI=1S/C16H22N4.C7H10N2O.C2H6/c1-11-7-14(15-9-17-20(4)12(15)2)8-16(18-11)13-5-6-19(3)10-13;1-5(2)7-3-6(4-10)8-9-7;1-2/h7-9,13H,5-6,10H2,1-4H3;3-5H,1-2H3,(H,8,9);1-2H3. The lowest BCUT2D eigenvalue weighted by Crippen LogP contribution is -2.14. The van der Waals surface area contributed by atoms with E-state index in [4.69, 9.17) is 4.98 Å². The molecule has 4 rings (SSSR count). The van der Waals surface area contributed by atoms with E-state index in [-0.39, 0.29) is 0 Å². The van der Waals surface area contributed by atoms with Crippen LogP contribution in [-0.2, 0) is 7.05 Å². The number of carbonyl (C=O) groups excluding carboxylic acids is 1. The van der Waals surface area contributed by atoms with Gasteiger partial charge < -0.3 is 4.90 Å². The Labute approximate surface area is 192 Å². The van der Waals surface area contributed by atoms with Crippen molar-refractivity contribution in [2.24, 2.45) is 7.05 Å². The molecule has 0 amide bonds. The minimum absolute atomic E-state index is 0.404. The number of aromatic amines is 1. The number of H-pyrrole nitrogens is 1. The fourth-order valence-electron chi connectivity index (χ4n) is 3.73. The first-order chi connectivity index (χ1) is 15.3. The molecular formula is C25H38N6O. The zero-order valence-electron chi connectivity index (χ0n) is 20.8. The van der Waals surface area contributed by atoms with Crippen LogP contribution in [-0.4, -0.2) is 56.3 Å². The number of nitrogens with one attached hydrogen (secondary N) is 1. The molecule has 0 spiro atoms. The Morgan fingerprint density at radius 3 is 2.34 bits per heavy atom. The van der Waals surface area contributed by atoms with Gasteiger partial charge in [0.05, 0.1) is 6.20 Å². The molecule has 174 valence electrons. The summed E-state index contributed by atoms with van der Waals surface area (Å²) in [4.78, 5) is 17.3. The number of aryl methyl sites for hydroxylation is 2. The molecule has 3 aromatic rings. The molecule has 0 aliphatic carbocycles. The number of pyridine rings is 1. The average molecular weight is 439 g/mol. The van der Waals surface area contributed by atoms with Crippen molar-refractivity contribution in [3.05, 3.63) is 52.9 Å². The quantitative estimate of drug-likeness (QED) is 0.587. The van der Waals surface area contributed by atoms with Crippen LogP contribution in [0.2, 0.25) is 0 Å². The van der Waals surface area contributed by atoms with E-state index in [1.807, 2.05) is 45.6 Å². The van der Waals surface area contributed by atoms with E-state index in [0.717, 1.165) is 24.2 Å². The summed E-state index contributed by atoms with van der Waals surface area (Å²) in [5.74, 6) is 0.969.